The molecule has 0 fully saturated rings. The minimum absolute atomic E-state index is 0.665. The van der Waals surface area contributed by atoms with Crippen molar-refractivity contribution in [3.05, 3.63) is 47.5 Å². The Hall–Kier alpha value is -2.45. The molecule has 1 heterocycles. The summed E-state index contributed by atoms with van der Waals surface area (Å²) < 4.78 is 5.20. The number of nitriles is 1. The van der Waals surface area contributed by atoms with E-state index in [1.165, 1.54) is 11.8 Å². The van der Waals surface area contributed by atoms with Crippen LogP contribution in [-0.4, -0.2) is 17.1 Å². The van der Waals surface area contributed by atoms with Gasteiger partial charge in [-0.1, -0.05) is 17.8 Å². The zero-order chi connectivity index (χ0) is 14.8. The summed E-state index contributed by atoms with van der Waals surface area (Å²) >= 11 is 1.46. The van der Waals surface area contributed by atoms with Gasteiger partial charge in [0.1, 0.15) is 11.8 Å². The Morgan fingerprint density at radius 2 is 2.10 bits per heavy atom. The molecule has 0 unspecified atom stereocenters. The number of aryl methyl sites for hydroxylation is 1. The fraction of sp³-hybridized carbons (Fsp3) is 0.125. The van der Waals surface area contributed by atoms with Crippen LogP contribution in [0.15, 0.2) is 46.5 Å². The average Bonchev–Trinajstić information content (AvgIpc) is 2.90. The minimum Gasteiger partial charge on any atom is -0.497 e. The number of aromatic amines is 1. The predicted molar refractivity (Wildman–Crippen MR) is 82.7 cm³/mol. The molecule has 0 bridgehead atoms. The van der Waals surface area contributed by atoms with Crippen LogP contribution in [0.3, 0.4) is 0 Å². The standard InChI is InChI=1S/C16H13N3OS/c1-10-3-6-15(11(7-10)9-17)21-16-18-13-5-4-12(20-2)8-14(13)19-16/h3-8H,1-2H3,(H,18,19). The maximum Gasteiger partial charge on any atom is 0.171 e. The average molecular weight is 295 g/mol. The number of benzene rings is 2. The molecule has 5 heteroatoms. The van der Waals surface area contributed by atoms with Crippen molar-refractivity contribution in [2.45, 2.75) is 17.0 Å². The second-order valence-electron chi connectivity index (χ2n) is 4.64. The fourth-order valence-corrected chi connectivity index (χ4v) is 2.93. The van der Waals surface area contributed by atoms with Crippen molar-refractivity contribution in [1.29, 1.82) is 5.26 Å². The first kappa shape index (κ1) is 13.5. The lowest BCUT2D eigenvalue weighted by Crippen LogP contribution is -1.84. The van der Waals surface area contributed by atoms with Crippen LogP contribution in [0.4, 0.5) is 0 Å². The van der Waals surface area contributed by atoms with E-state index in [-0.39, 0.29) is 0 Å². The Balaban J connectivity index is 1.97. The van der Waals surface area contributed by atoms with E-state index in [2.05, 4.69) is 16.0 Å². The first-order valence-electron chi connectivity index (χ1n) is 6.42. The number of aromatic nitrogens is 2. The Morgan fingerprint density at radius 3 is 2.86 bits per heavy atom. The molecule has 0 atom stereocenters. The Labute approximate surface area is 126 Å². The number of methoxy groups -OCH3 is 1. The van der Waals surface area contributed by atoms with E-state index in [9.17, 15) is 5.26 Å². The van der Waals surface area contributed by atoms with Gasteiger partial charge in [0, 0.05) is 11.0 Å². The molecule has 0 aliphatic rings. The molecule has 0 aliphatic carbocycles. The van der Waals surface area contributed by atoms with Gasteiger partial charge in [-0.05, 0) is 36.8 Å². The lowest BCUT2D eigenvalue weighted by atomic mass is 10.2. The molecule has 21 heavy (non-hydrogen) atoms. The minimum atomic E-state index is 0.665. The van der Waals surface area contributed by atoms with Crippen molar-refractivity contribution < 1.29 is 4.74 Å². The van der Waals surface area contributed by atoms with Gasteiger partial charge < -0.3 is 9.72 Å². The monoisotopic (exact) mass is 295 g/mol. The first-order chi connectivity index (χ1) is 10.2. The summed E-state index contributed by atoms with van der Waals surface area (Å²) in [6.07, 6.45) is 0. The summed E-state index contributed by atoms with van der Waals surface area (Å²) in [6, 6.07) is 13.8. The third kappa shape index (κ3) is 2.71. The highest BCUT2D eigenvalue weighted by Gasteiger charge is 2.09. The number of hydrogen-bond acceptors (Lipinski definition) is 4. The summed E-state index contributed by atoms with van der Waals surface area (Å²) in [6.45, 7) is 1.97. The summed E-state index contributed by atoms with van der Waals surface area (Å²) in [4.78, 5) is 8.67. The van der Waals surface area contributed by atoms with Crippen molar-refractivity contribution in [2.24, 2.45) is 0 Å². The lowest BCUT2D eigenvalue weighted by molar-refractivity contribution is 0.415. The molecule has 0 saturated carbocycles. The molecule has 0 amide bonds. The molecule has 4 nitrogen and oxygen atoms in total. The maximum absolute atomic E-state index is 9.22. The van der Waals surface area contributed by atoms with E-state index in [0.717, 1.165) is 32.4 Å². The van der Waals surface area contributed by atoms with E-state index in [4.69, 9.17) is 4.74 Å². The molecular weight excluding hydrogens is 282 g/mol. The van der Waals surface area contributed by atoms with Crippen molar-refractivity contribution in [3.8, 4) is 11.8 Å². The number of rotatable bonds is 3. The number of hydrogen-bond donors (Lipinski definition) is 1. The van der Waals surface area contributed by atoms with Crippen LogP contribution in [0.25, 0.3) is 11.0 Å². The summed E-state index contributed by atoms with van der Waals surface area (Å²) in [5, 5.41) is 9.98. The Bertz CT molecular complexity index is 848. The normalized spacial score (nSPS) is 10.5. The van der Waals surface area contributed by atoms with Crippen LogP contribution in [0.5, 0.6) is 5.75 Å². The van der Waals surface area contributed by atoms with Crippen molar-refractivity contribution >= 4 is 22.8 Å². The van der Waals surface area contributed by atoms with Gasteiger partial charge in [-0.2, -0.15) is 5.26 Å². The van der Waals surface area contributed by atoms with Gasteiger partial charge in [-0.3, -0.25) is 0 Å². The predicted octanol–water partition coefficient (Wildman–Crippen LogP) is 3.90. The van der Waals surface area contributed by atoms with Gasteiger partial charge in [0.25, 0.3) is 0 Å². The topological polar surface area (TPSA) is 61.7 Å². The third-order valence-corrected chi connectivity index (χ3v) is 4.09. The van der Waals surface area contributed by atoms with Crippen molar-refractivity contribution in [3.63, 3.8) is 0 Å². The van der Waals surface area contributed by atoms with E-state index < -0.39 is 0 Å². The van der Waals surface area contributed by atoms with Gasteiger partial charge in [-0.25, -0.2) is 4.98 Å². The van der Waals surface area contributed by atoms with E-state index in [0.29, 0.717) is 5.56 Å². The van der Waals surface area contributed by atoms with Gasteiger partial charge in [0.15, 0.2) is 5.16 Å². The largest absolute Gasteiger partial charge is 0.497 e. The van der Waals surface area contributed by atoms with Gasteiger partial charge in [0.05, 0.1) is 23.7 Å². The van der Waals surface area contributed by atoms with E-state index >= 15 is 0 Å². The van der Waals surface area contributed by atoms with Gasteiger partial charge in [0.2, 0.25) is 0 Å². The molecule has 3 rings (SSSR count). The molecule has 1 N–H and O–H groups in total. The van der Waals surface area contributed by atoms with Gasteiger partial charge in [-0.15, -0.1) is 0 Å². The highest BCUT2D eigenvalue weighted by molar-refractivity contribution is 7.99. The summed E-state index contributed by atoms with van der Waals surface area (Å²) in [5.74, 6) is 0.788. The SMILES string of the molecule is COc1ccc2nc(Sc3ccc(C)cc3C#N)[nH]c2c1. The van der Waals surface area contributed by atoms with Gasteiger partial charge >= 0.3 is 0 Å². The van der Waals surface area contributed by atoms with Crippen LogP contribution in [0.2, 0.25) is 0 Å². The molecule has 0 saturated heterocycles. The van der Waals surface area contributed by atoms with Crippen LogP contribution in [-0.2, 0) is 0 Å². The third-order valence-electron chi connectivity index (χ3n) is 3.13. The first-order valence-corrected chi connectivity index (χ1v) is 7.23. The highest BCUT2D eigenvalue weighted by Crippen LogP contribution is 2.31. The highest BCUT2D eigenvalue weighted by atomic mass is 32.2. The van der Waals surface area contributed by atoms with E-state index in [1.54, 1.807) is 7.11 Å². The van der Waals surface area contributed by atoms with Crippen LogP contribution in [0.1, 0.15) is 11.1 Å². The molecule has 0 aliphatic heterocycles. The molecule has 0 spiro atoms. The Morgan fingerprint density at radius 1 is 1.24 bits per heavy atom. The molecule has 3 aromatic rings. The summed E-state index contributed by atoms with van der Waals surface area (Å²) in [7, 11) is 1.64. The van der Waals surface area contributed by atoms with Crippen molar-refractivity contribution in [2.75, 3.05) is 7.11 Å². The number of ether oxygens (including phenoxy) is 1. The smallest absolute Gasteiger partial charge is 0.171 e. The molecule has 0 radical (unpaired) electrons. The molecule has 2 aromatic carbocycles. The van der Waals surface area contributed by atoms with Crippen molar-refractivity contribution in [1.82, 2.24) is 9.97 Å². The number of imidazole rings is 1. The lowest BCUT2D eigenvalue weighted by Gasteiger charge is -2.02. The molecule has 104 valence electrons. The number of fused-ring (bicyclic) bond motifs is 1. The maximum atomic E-state index is 9.22. The Kier molecular flexibility index (Phi) is 3.55. The van der Waals surface area contributed by atoms with Crippen LogP contribution in [0, 0.1) is 18.3 Å². The summed E-state index contributed by atoms with van der Waals surface area (Å²) in [5.41, 5.74) is 3.54. The number of nitrogens with zero attached hydrogens (tertiary/aromatic N) is 2. The number of nitrogens with one attached hydrogen (secondary N) is 1. The van der Waals surface area contributed by atoms with Crippen LogP contribution < -0.4 is 4.74 Å². The zero-order valence-corrected chi connectivity index (χ0v) is 12.5. The van der Waals surface area contributed by atoms with Crippen LogP contribution >= 0.6 is 11.8 Å². The number of H-pyrrole nitrogens is 1. The second kappa shape index (κ2) is 5.51. The van der Waals surface area contributed by atoms with E-state index in [1.807, 2.05) is 43.3 Å². The fourth-order valence-electron chi connectivity index (χ4n) is 2.06. The quantitative estimate of drug-likeness (QED) is 0.796. The second-order valence-corrected chi connectivity index (χ2v) is 5.67. The molecular formula is C16H13N3OS. The zero-order valence-electron chi connectivity index (χ0n) is 11.7. The molecule has 1 aromatic heterocycles.